The molecule has 0 fully saturated rings. The highest BCUT2D eigenvalue weighted by Gasteiger charge is 2.21. The maximum absolute atomic E-state index is 9.96. The van der Waals surface area contributed by atoms with Gasteiger partial charge in [0.15, 0.2) is 0 Å². The van der Waals surface area contributed by atoms with Gasteiger partial charge in [0, 0.05) is 16.0 Å². The van der Waals surface area contributed by atoms with Gasteiger partial charge < -0.3 is 5.11 Å². The fourth-order valence-electron chi connectivity index (χ4n) is 1.77. The molecule has 0 aromatic heterocycles. The molecule has 0 amide bonds. The van der Waals surface area contributed by atoms with Crippen molar-refractivity contribution in [1.29, 1.82) is 0 Å². The van der Waals surface area contributed by atoms with Crippen molar-refractivity contribution in [2.75, 3.05) is 0 Å². The molecule has 14 heavy (non-hydrogen) atoms. The van der Waals surface area contributed by atoms with E-state index in [4.69, 9.17) is 11.6 Å². The summed E-state index contributed by atoms with van der Waals surface area (Å²) >= 11 is 7.96. The fourth-order valence-corrected chi connectivity index (χ4v) is 3.19. The van der Waals surface area contributed by atoms with Crippen LogP contribution in [0.2, 0.25) is 5.02 Å². The van der Waals surface area contributed by atoms with Gasteiger partial charge in [-0.15, -0.1) is 0 Å². The first-order chi connectivity index (χ1) is 6.68. The smallest absolute Gasteiger partial charge is 0.0804 e. The SMILES string of the molecule is CC1CC(O)c2cccc(Cl)c2CS1. The topological polar surface area (TPSA) is 20.2 Å². The second kappa shape index (κ2) is 4.13. The van der Waals surface area contributed by atoms with Gasteiger partial charge in [-0.05, 0) is 23.6 Å². The van der Waals surface area contributed by atoms with Gasteiger partial charge in [-0.2, -0.15) is 11.8 Å². The van der Waals surface area contributed by atoms with Gasteiger partial charge >= 0.3 is 0 Å². The summed E-state index contributed by atoms with van der Waals surface area (Å²) < 4.78 is 0. The number of hydrogen-bond donors (Lipinski definition) is 1. The van der Waals surface area contributed by atoms with Gasteiger partial charge in [-0.1, -0.05) is 30.7 Å². The number of aliphatic hydroxyl groups is 1. The molecule has 0 aliphatic carbocycles. The third-order valence-corrected chi connectivity index (χ3v) is 4.15. The van der Waals surface area contributed by atoms with Crippen LogP contribution in [0, 0.1) is 0 Å². The van der Waals surface area contributed by atoms with Gasteiger partial charge in [0.25, 0.3) is 0 Å². The predicted octanol–water partition coefficient (Wildman–Crippen LogP) is 3.40. The molecular weight excluding hydrogens is 216 g/mol. The lowest BCUT2D eigenvalue weighted by molar-refractivity contribution is 0.168. The number of halogens is 1. The summed E-state index contributed by atoms with van der Waals surface area (Å²) in [6, 6.07) is 5.78. The molecule has 1 aliphatic rings. The van der Waals surface area contributed by atoms with Crippen LogP contribution >= 0.6 is 23.4 Å². The van der Waals surface area contributed by atoms with Crippen molar-refractivity contribution >= 4 is 23.4 Å². The Balaban J connectivity index is 2.43. The zero-order valence-corrected chi connectivity index (χ0v) is 9.61. The Morgan fingerprint density at radius 2 is 2.29 bits per heavy atom. The van der Waals surface area contributed by atoms with E-state index in [1.54, 1.807) is 0 Å². The van der Waals surface area contributed by atoms with Crippen molar-refractivity contribution in [1.82, 2.24) is 0 Å². The zero-order chi connectivity index (χ0) is 10.1. The molecule has 1 heterocycles. The Morgan fingerprint density at radius 1 is 1.50 bits per heavy atom. The van der Waals surface area contributed by atoms with E-state index in [2.05, 4.69) is 6.92 Å². The highest BCUT2D eigenvalue weighted by Crippen LogP contribution is 2.37. The maximum atomic E-state index is 9.96. The third-order valence-electron chi connectivity index (χ3n) is 2.58. The Kier molecular flexibility index (Phi) is 3.05. The third kappa shape index (κ3) is 1.92. The molecule has 2 atom stereocenters. The molecule has 2 unspecified atom stereocenters. The van der Waals surface area contributed by atoms with E-state index in [9.17, 15) is 5.11 Å². The Morgan fingerprint density at radius 3 is 3.07 bits per heavy atom. The molecule has 1 aromatic carbocycles. The predicted molar refractivity (Wildman–Crippen MR) is 61.8 cm³/mol. The van der Waals surface area contributed by atoms with E-state index in [-0.39, 0.29) is 6.10 Å². The first kappa shape index (κ1) is 10.3. The lowest BCUT2D eigenvalue weighted by Crippen LogP contribution is -2.03. The summed E-state index contributed by atoms with van der Waals surface area (Å²) in [6.07, 6.45) is 0.464. The lowest BCUT2D eigenvalue weighted by Gasteiger charge is -2.12. The maximum Gasteiger partial charge on any atom is 0.0804 e. The van der Waals surface area contributed by atoms with Crippen LogP contribution in [0.15, 0.2) is 18.2 Å². The van der Waals surface area contributed by atoms with Crippen molar-refractivity contribution < 1.29 is 5.11 Å². The monoisotopic (exact) mass is 228 g/mol. The molecule has 1 aliphatic heterocycles. The Labute approximate surface area is 93.5 Å². The standard InChI is InChI=1S/C11H13ClOS/c1-7-5-11(13)8-3-2-4-10(12)9(8)6-14-7/h2-4,7,11,13H,5-6H2,1H3. The highest BCUT2D eigenvalue weighted by atomic mass is 35.5. The number of hydrogen-bond acceptors (Lipinski definition) is 2. The average molecular weight is 229 g/mol. The van der Waals surface area contributed by atoms with Crippen LogP contribution < -0.4 is 0 Å². The summed E-state index contributed by atoms with van der Waals surface area (Å²) in [5.74, 6) is 0.910. The molecule has 2 rings (SSSR count). The average Bonchev–Trinajstić information content (AvgIpc) is 2.28. The van der Waals surface area contributed by atoms with Gasteiger partial charge in [-0.3, -0.25) is 0 Å². The second-order valence-electron chi connectivity index (χ2n) is 3.68. The minimum atomic E-state index is -0.353. The normalized spacial score (nSPS) is 26.8. The van der Waals surface area contributed by atoms with Crippen LogP contribution in [-0.2, 0) is 5.75 Å². The highest BCUT2D eigenvalue weighted by molar-refractivity contribution is 7.99. The largest absolute Gasteiger partial charge is 0.388 e. The molecule has 1 aromatic rings. The Bertz CT molecular complexity index is 340. The molecule has 1 nitrogen and oxygen atoms in total. The summed E-state index contributed by atoms with van der Waals surface area (Å²) in [4.78, 5) is 0. The molecule has 3 heteroatoms. The minimum absolute atomic E-state index is 0.353. The summed E-state index contributed by atoms with van der Waals surface area (Å²) in [7, 11) is 0. The number of rotatable bonds is 0. The van der Waals surface area contributed by atoms with Crippen LogP contribution in [0.4, 0.5) is 0 Å². The second-order valence-corrected chi connectivity index (χ2v) is 5.51. The first-order valence-electron chi connectivity index (χ1n) is 4.75. The van der Waals surface area contributed by atoms with Crippen molar-refractivity contribution in [2.24, 2.45) is 0 Å². The first-order valence-corrected chi connectivity index (χ1v) is 6.18. The van der Waals surface area contributed by atoms with Crippen LogP contribution in [-0.4, -0.2) is 10.4 Å². The van der Waals surface area contributed by atoms with Gasteiger partial charge in [0.1, 0.15) is 0 Å². The minimum Gasteiger partial charge on any atom is -0.388 e. The number of aliphatic hydroxyl groups excluding tert-OH is 1. The van der Waals surface area contributed by atoms with E-state index >= 15 is 0 Å². The van der Waals surface area contributed by atoms with E-state index in [0.29, 0.717) is 5.25 Å². The molecule has 0 saturated carbocycles. The van der Waals surface area contributed by atoms with E-state index in [1.165, 1.54) is 0 Å². The van der Waals surface area contributed by atoms with Crippen molar-refractivity contribution in [3.05, 3.63) is 34.3 Å². The van der Waals surface area contributed by atoms with Crippen LogP contribution in [0.3, 0.4) is 0 Å². The van der Waals surface area contributed by atoms with E-state index in [0.717, 1.165) is 28.3 Å². The number of thioether (sulfide) groups is 1. The molecular formula is C11H13ClOS. The van der Waals surface area contributed by atoms with Crippen molar-refractivity contribution in [3.63, 3.8) is 0 Å². The summed E-state index contributed by atoms with van der Waals surface area (Å²) in [5.41, 5.74) is 2.12. The van der Waals surface area contributed by atoms with Gasteiger partial charge in [0.05, 0.1) is 6.10 Å². The van der Waals surface area contributed by atoms with E-state index in [1.807, 2.05) is 30.0 Å². The fraction of sp³-hybridized carbons (Fsp3) is 0.455. The molecule has 0 radical (unpaired) electrons. The van der Waals surface area contributed by atoms with Gasteiger partial charge in [0.2, 0.25) is 0 Å². The lowest BCUT2D eigenvalue weighted by atomic mass is 10.0. The summed E-state index contributed by atoms with van der Waals surface area (Å²) in [6.45, 7) is 2.15. The Hall–Kier alpha value is -0.180. The van der Waals surface area contributed by atoms with Crippen LogP contribution in [0.25, 0.3) is 0 Å². The number of fused-ring (bicyclic) bond motifs is 1. The molecule has 76 valence electrons. The molecule has 0 bridgehead atoms. The quantitative estimate of drug-likeness (QED) is 0.735. The summed E-state index contributed by atoms with van der Waals surface area (Å²) in [5, 5.41) is 11.2. The van der Waals surface area contributed by atoms with Crippen molar-refractivity contribution in [3.8, 4) is 0 Å². The molecule has 0 spiro atoms. The zero-order valence-electron chi connectivity index (χ0n) is 8.03. The van der Waals surface area contributed by atoms with Crippen molar-refractivity contribution in [2.45, 2.75) is 30.5 Å². The number of benzene rings is 1. The van der Waals surface area contributed by atoms with Gasteiger partial charge in [-0.25, -0.2) is 0 Å². The van der Waals surface area contributed by atoms with Crippen LogP contribution in [0.1, 0.15) is 30.6 Å². The van der Waals surface area contributed by atoms with Crippen LogP contribution in [0.5, 0.6) is 0 Å². The molecule has 0 saturated heterocycles. The molecule has 1 N–H and O–H groups in total. The van der Waals surface area contributed by atoms with E-state index < -0.39 is 0 Å².